The van der Waals surface area contributed by atoms with Gasteiger partial charge in [0.1, 0.15) is 0 Å². The molecule has 3 atom stereocenters. The summed E-state index contributed by atoms with van der Waals surface area (Å²) >= 11 is 5.56. The fourth-order valence-electron chi connectivity index (χ4n) is 1.29. The molecule has 0 saturated carbocycles. The van der Waals surface area contributed by atoms with Crippen molar-refractivity contribution in [1.82, 2.24) is 0 Å². The average Bonchev–Trinajstić information content (AvgIpc) is 2.30. The molecule has 0 bridgehead atoms. The van der Waals surface area contributed by atoms with Crippen molar-refractivity contribution in [2.24, 2.45) is 5.92 Å². The molecule has 0 amide bonds. The molecule has 2 nitrogen and oxygen atoms in total. The first-order valence-corrected chi connectivity index (χ1v) is 4.20. The van der Waals surface area contributed by atoms with Crippen molar-refractivity contribution in [2.45, 2.75) is 32.2 Å². The first kappa shape index (κ1) is 8.31. The fourth-order valence-corrected chi connectivity index (χ4v) is 1.48. The lowest BCUT2D eigenvalue weighted by molar-refractivity contribution is -0.103. The normalized spacial score (nSPS) is 40.5. The molecule has 3 unspecified atom stereocenters. The number of hydrogen-bond donors (Lipinski definition) is 1. The van der Waals surface area contributed by atoms with E-state index in [0.29, 0.717) is 11.8 Å². The van der Waals surface area contributed by atoms with Crippen LogP contribution in [0.3, 0.4) is 0 Å². The lowest BCUT2D eigenvalue weighted by Gasteiger charge is -2.08. The van der Waals surface area contributed by atoms with Gasteiger partial charge in [0.2, 0.25) is 0 Å². The minimum atomic E-state index is -0.575. The summed E-state index contributed by atoms with van der Waals surface area (Å²) in [6.07, 6.45) is 1.37. The first-order chi connectivity index (χ1) is 4.77. The highest BCUT2D eigenvalue weighted by molar-refractivity contribution is 6.18. The van der Waals surface area contributed by atoms with Gasteiger partial charge >= 0.3 is 0 Å². The smallest absolute Gasteiger partial charge is 0.157 e. The summed E-state index contributed by atoms with van der Waals surface area (Å²) < 4.78 is 5.14. The Hall–Kier alpha value is 0.210. The number of hydrogen-bond acceptors (Lipinski definition) is 2. The molecule has 0 aromatic heterocycles. The van der Waals surface area contributed by atoms with Crippen molar-refractivity contribution in [3.8, 4) is 0 Å². The van der Waals surface area contributed by atoms with E-state index in [2.05, 4.69) is 0 Å². The summed E-state index contributed by atoms with van der Waals surface area (Å²) in [5.41, 5.74) is 0. The van der Waals surface area contributed by atoms with Crippen LogP contribution in [-0.4, -0.2) is 23.4 Å². The predicted octanol–water partition coefficient (Wildman–Crippen LogP) is 1.36. The number of ether oxygens (including phenoxy) is 1. The molecule has 60 valence electrons. The zero-order valence-corrected chi connectivity index (χ0v) is 6.84. The summed E-state index contributed by atoms with van der Waals surface area (Å²) in [6.45, 7) is 2.05. The molecule has 3 heteroatoms. The van der Waals surface area contributed by atoms with Gasteiger partial charge in [0.15, 0.2) is 6.29 Å². The van der Waals surface area contributed by atoms with E-state index in [-0.39, 0.29) is 6.10 Å². The predicted molar refractivity (Wildman–Crippen MR) is 40.0 cm³/mol. The van der Waals surface area contributed by atoms with Gasteiger partial charge in [0.25, 0.3) is 0 Å². The molecule has 0 aromatic rings. The standard InChI is InChI=1S/C7H13ClO2/c1-2-5-3-6(4-8)10-7(5)9/h5-7,9H,2-4H2,1H3. The zero-order chi connectivity index (χ0) is 7.56. The molecule has 0 aromatic carbocycles. The van der Waals surface area contributed by atoms with E-state index in [0.717, 1.165) is 12.8 Å². The molecular weight excluding hydrogens is 152 g/mol. The van der Waals surface area contributed by atoms with E-state index in [1.165, 1.54) is 0 Å². The van der Waals surface area contributed by atoms with Crippen LogP contribution in [-0.2, 0) is 4.74 Å². The first-order valence-electron chi connectivity index (χ1n) is 3.67. The van der Waals surface area contributed by atoms with Gasteiger partial charge in [-0.3, -0.25) is 0 Å². The molecule has 1 saturated heterocycles. The SMILES string of the molecule is CCC1CC(CCl)OC1O. The average molecular weight is 165 g/mol. The van der Waals surface area contributed by atoms with Crippen LogP contribution in [0.2, 0.25) is 0 Å². The Kier molecular flexibility index (Phi) is 2.96. The van der Waals surface area contributed by atoms with Crippen molar-refractivity contribution in [1.29, 1.82) is 0 Å². The molecule has 0 radical (unpaired) electrons. The Balaban J connectivity index is 2.36. The minimum absolute atomic E-state index is 0.0709. The van der Waals surface area contributed by atoms with Crippen LogP contribution in [0.5, 0.6) is 0 Å². The third kappa shape index (κ3) is 1.62. The highest BCUT2D eigenvalue weighted by Gasteiger charge is 2.31. The number of rotatable bonds is 2. The Morgan fingerprint density at radius 3 is 2.70 bits per heavy atom. The van der Waals surface area contributed by atoms with Crippen molar-refractivity contribution in [3.05, 3.63) is 0 Å². The van der Waals surface area contributed by atoms with Crippen molar-refractivity contribution in [3.63, 3.8) is 0 Å². The van der Waals surface area contributed by atoms with Crippen molar-refractivity contribution >= 4 is 11.6 Å². The second-order valence-corrected chi connectivity index (χ2v) is 3.02. The summed E-state index contributed by atoms with van der Waals surface area (Å²) in [4.78, 5) is 0. The van der Waals surface area contributed by atoms with Gasteiger partial charge in [-0.05, 0) is 12.8 Å². The number of alkyl halides is 1. The maximum atomic E-state index is 9.21. The molecule has 0 spiro atoms. The zero-order valence-electron chi connectivity index (χ0n) is 6.09. The summed E-state index contributed by atoms with van der Waals surface area (Å²) in [5.74, 6) is 0.789. The van der Waals surface area contributed by atoms with Crippen LogP contribution >= 0.6 is 11.6 Å². The summed E-state index contributed by atoms with van der Waals surface area (Å²) in [6, 6.07) is 0. The third-order valence-electron chi connectivity index (χ3n) is 2.00. The minimum Gasteiger partial charge on any atom is -0.368 e. The van der Waals surface area contributed by atoms with Crippen LogP contribution < -0.4 is 0 Å². The van der Waals surface area contributed by atoms with Gasteiger partial charge in [0.05, 0.1) is 6.10 Å². The van der Waals surface area contributed by atoms with Crippen LogP contribution in [0.4, 0.5) is 0 Å². The van der Waals surface area contributed by atoms with Gasteiger partial charge < -0.3 is 9.84 Å². The highest BCUT2D eigenvalue weighted by atomic mass is 35.5. The molecule has 10 heavy (non-hydrogen) atoms. The lowest BCUT2D eigenvalue weighted by Crippen LogP contribution is -2.14. The van der Waals surface area contributed by atoms with E-state index in [4.69, 9.17) is 16.3 Å². The number of aliphatic hydroxyl groups is 1. The van der Waals surface area contributed by atoms with Crippen LogP contribution in [0.25, 0.3) is 0 Å². The molecule has 1 aliphatic rings. The maximum absolute atomic E-state index is 9.21. The molecule has 1 N–H and O–H groups in total. The topological polar surface area (TPSA) is 29.5 Å². The van der Waals surface area contributed by atoms with E-state index in [1.54, 1.807) is 0 Å². The molecule has 1 rings (SSSR count). The monoisotopic (exact) mass is 164 g/mol. The maximum Gasteiger partial charge on any atom is 0.157 e. The van der Waals surface area contributed by atoms with Crippen LogP contribution in [0.15, 0.2) is 0 Å². The number of aliphatic hydroxyl groups excluding tert-OH is 1. The Morgan fingerprint density at radius 1 is 1.70 bits per heavy atom. The van der Waals surface area contributed by atoms with E-state index < -0.39 is 6.29 Å². The van der Waals surface area contributed by atoms with E-state index >= 15 is 0 Å². The molecule has 1 aliphatic heterocycles. The summed E-state index contributed by atoms with van der Waals surface area (Å²) in [5, 5.41) is 9.21. The van der Waals surface area contributed by atoms with Crippen molar-refractivity contribution < 1.29 is 9.84 Å². The van der Waals surface area contributed by atoms with E-state index in [1.807, 2.05) is 6.92 Å². The van der Waals surface area contributed by atoms with Gasteiger partial charge in [-0.15, -0.1) is 11.6 Å². The van der Waals surface area contributed by atoms with Gasteiger partial charge in [-0.2, -0.15) is 0 Å². The highest BCUT2D eigenvalue weighted by Crippen LogP contribution is 2.27. The van der Waals surface area contributed by atoms with Crippen LogP contribution in [0.1, 0.15) is 19.8 Å². The Bertz CT molecular complexity index is 108. The molecule has 1 heterocycles. The second-order valence-electron chi connectivity index (χ2n) is 2.71. The third-order valence-corrected chi connectivity index (χ3v) is 2.34. The molecule has 0 aliphatic carbocycles. The van der Waals surface area contributed by atoms with Gasteiger partial charge in [-0.25, -0.2) is 0 Å². The molecule has 1 fully saturated rings. The van der Waals surface area contributed by atoms with E-state index in [9.17, 15) is 5.11 Å². The molecular formula is C7H13ClO2. The second kappa shape index (κ2) is 3.56. The van der Waals surface area contributed by atoms with Gasteiger partial charge in [-0.1, -0.05) is 6.92 Å². The Morgan fingerprint density at radius 2 is 2.40 bits per heavy atom. The summed E-state index contributed by atoms with van der Waals surface area (Å²) in [7, 11) is 0. The number of halogens is 1. The van der Waals surface area contributed by atoms with Crippen LogP contribution in [0, 0.1) is 5.92 Å². The quantitative estimate of drug-likeness (QED) is 0.625. The van der Waals surface area contributed by atoms with Crippen molar-refractivity contribution in [2.75, 3.05) is 5.88 Å². The van der Waals surface area contributed by atoms with Gasteiger partial charge in [0, 0.05) is 11.8 Å². The lowest BCUT2D eigenvalue weighted by atomic mass is 10.0. The Labute approximate surface area is 66.1 Å². The largest absolute Gasteiger partial charge is 0.368 e. The fraction of sp³-hybridized carbons (Fsp3) is 1.00.